The van der Waals surface area contributed by atoms with Crippen molar-refractivity contribution in [2.45, 2.75) is 115 Å². The van der Waals surface area contributed by atoms with Crippen molar-refractivity contribution in [2.75, 3.05) is 13.1 Å². The molecular weight excluding hydrogens is 502 g/mol. The van der Waals surface area contributed by atoms with Gasteiger partial charge in [-0.2, -0.15) is 5.70 Å². The summed E-state index contributed by atoms with van der Waals surface area (Å²) in [6.07, 6.45) is 20.5. The van der Waals surface area contributed by atoms with Gasteiger partial charge in [0.15, 0.2) is 0 Å². The summed E-state index contributed by atoms with van der Waals surface area (Å²) in [4.78, 5) is 0. The van der Waals surface area contributed by atoms with Crippen LogP contribution in [0.5, 0.6) is 0 Å². The first kappa shape index (κ1) is 31.8. The van der Waals surface area contributed by atoms with Crippen LogP contribution in [0, 0.1) is 10.2 Å². The average molecular weight is 546 g/mol. The zero-order valence-electron chi connectivity index (χ0n) is 20.5. The van der Waals surface area contributed by atoms with E-state index in [1.807, 2.05) is 0 Å². The van der Waals surface area contributed by atoms with Gasteiger partial charge in [-0.05, 0) is 0 Å². The van der Waals surface area contributed by atoms with Crippen LogP contribution in [0.2, 0.25) is 0 Å². The van der Waals surface area contributed by atoms with Crippen LogP contribution in [0.15, 0.2) is 23.9 Å². The zero-order chi connectivity index (χ0) is 24.1. The summed E-state index contributed by atoms with van der Waals surface area (Å²) < 4.78 is 30.2. The quantitative estimate of drug-likeness (QED) is 0.454. The molecule has 0 aliphatic carbocycles. The molecule has 4 rings (SSSR count). The van der Waals surface area contributed by atoms with E-state index in [0.29, 0.717) is 30.2 Å². The van der Waals surface area contributed by atoms with Gasteiger partial charge in [0.1, 0.15) is 0 Å². The Hall–Kier alpha value is -0.216. The molecule has 0 amide bonds. The molecule has 0 aromatic heterocycles. The zero-order valence-corrected chi connectivity index (χ0v) is 22.3. The standard InChI is InChI=1S/C12H22N2.C12H18N2.ClH3O4.Ni/c2*1-10-5-4-7-12(14-10)9-11-6-2-3-8-13-11;2-1(3,4)5;/h10-12H,2-9H2,1H3;2-3,6,10,12H,4-5,7-9H2,1H3;2-4H;/q2*-2;;+2. The van der Waals surface area contributed by atoms with Crippen molar-refractivity contribution in [3.05, 3.63) is 45.2 Å². The van der Waals surface area contributed by atoms with Crippen molar-refractivity contribution in [3.8, 4) is 0 Å². The Balaban J connectivity index is 0.000000278. The van der Waals surface area contributed by atoms with Crippen LogP contribution in [-0.2, 0) is 16.5 Å². The first-order chi connectivity index (χ1) is 15.7. The molecule has 0 saturated carbocycles. The molecule has 34 heavy (non-hydrogen) atoms. The number of nitrogens with zero attached hydrogens (tertiary/aromatic N) is 4. The molecule has 0 spiro atoms. The van der Waals surface area contributed by atoms with Crippen LogP contribution >= 0.6 is 0 Å². The molecule has 3 saturated heterocycles. The van der Waals surface area contributed by atoms with E-state index in [1.165, 1.54) is 69.9 Å². The summed E-state index contributed by atoms with van der Waals surface area (Å²) in [6.45, 7) is 6.43. The van der Waals surface area contributed by atoms with Gasteiger partial charge in [0.2, 0.25) is 0 Å². The van der Waals surface area contributed by atoms with Gasteiger partial charge in [-0.25, -0.2) is 0 Å². The third kappa shape index (κ3) is 15.7. The van der Waals surface area contributed by atoms with E-state index in [-0.39, 0.29) is 16.5 Å². The SMILES string of the molecule is CC1CCCC(CC2=CC=CC[N-]2)[N-]1.CC1CCCC(CC2CCCC[N-]2)[N-]1.[Ni+2].[O-][Cl+](O)(O)O. The van der Waals surface area contributed by atoms with E-state index in [2.05, 4.69) is 42.7 Å². The Morgan fingerprint density at radius 1 is 0.882 bits per heavy atom. The van der Waals surface area contributed by atoms with E-state index in [0.717, 1.165) is 19.5 Å². The van der Waals surface area contributed by atoms with Crippen molar-refractivity contribution in [3.63, 3.8) is 0 Å². The molecule has 3 N–H and O–H groups in total. The van der Waals surface area contributed by atoms with Crippen molar-refractivity contribution in [1.29, 1.82) is 0 Å². The Labute approximate surface area is 218 Å². The molecule has 5 unspecified atom stereocenters. The van der Waals surface area contributed by atoms with Gasteiger partial charge in [-0.3, -0.25) is 0 Å². The number of hydrogen-bond acceptors (Lipinski definition) is 4. The van der Waals surface area contributed by atoms with E-state index < -0.39 is 10.2 Å². The van der Waals surface area contributed by atoms with Crippen molar-refractivity contribution in [1.82, 2.24) is 0 Å². The van der Waals surface area contributed by atoms with Gasteiger partial charge >= 0.3 is 45.4 Å². The molecule has 4 heterocycles. The first-order valence-electron chi connectivity index (χ1n) is 12.4. The second-order valence-electron chi connectivity index (χ2n) is 9.52. The van der Waals surface area contributed by atoms with Crippen molar-refractivity contribution < 1.29 is 45.4 Å². The second kappa shape index (κ2) is 17.3. The van der Waals surface area contributed by atoms with E-state index in [1.54, 1.807) is 0 Å². The van der Waals surface area contributed by atoms with Gasteiger partial charge in [0, 0.05) is 0 Å². The Kier molecular flexibility index (Phi) is 16.2. The third-order valence-corrected chi connectivity index (χ3v) is 6.40. The summed E-state index contributed by atoms with van der Waals surface area (Å²) in [5.74, 6) is 0. The van der Waals surface area contributed by atoms with Crippen molar-refractivity contribution >= 4 is 0 Å². The second-order valence-corrected chi connectivity index (χ2v) is 10.4. The monoisotopic (exact) mass is 544 g/mol. The molecule has 202 valence electrons. The van der Waals surface area contributed by atoms with Crippen LogP contribution in [0.3, 0.4) is 0 Å². The van der Waals surface area contributed by atoms with Crippen LogP contribution in [-0.4, -0.2) is 57.3 Å². The van der Waals surface area contributed by atoms with Gasteiger partial charge in [0.05, 0.1) is 0 Å². The fourth-order valence-corrected chi connectivity index (χ4v) is 4.85. The predicted molar refractivity (Wildman–Crippen MR) is 128 cm³/mol. The minimum atomic E-state index is -4.19. The van der Waals surface area contributed by atoms with Gasteiger partial charge < -0.3 is 21.3 Å². The van der Waals surface area contributed by atoms with E-state index >= 15 is 0 Å². The normalized spacial score (nSPS) is 31.8. The molecule has 3 fully saturated rings. The number of allylic oxidation sites excluding steroid dienone is 2. The Bertz CT molecular complexity index is 594. The maximum absolute atomic E-state index is 8.83. The summed E-state index contributed by atoms with van der Waals surface area (Å²) in [6, 6.07) is 2.97. The topological polar surface area (TPSA) is 140 Å². The molecule has 5 atom stereocenters. The molecule has 0 bridgehead atoms. The van der Waals surface area contributed by atoms with Gasteiger partial charge in [-0.1, -0.05) is 96.6 Å². The Morgan fingerprint density at radius 3 is 2.00 bits per heavy atom. The summed E-state index contributed by atoms with van der Waals surface area (Å²) >= 11 is 0. The number of hydrogen-bond donors (Lipinski definition) is 3. The number of rotatable bonds is 4. The summed E-state index contributed by atoms with van der Waals surface area (Å²) in [7, 11) is -4.19. The van der Waals surface area contributed by atoms with Crippen LogP contribution in [0.25, 0.3) is 21.3 Å². The fourth-order valence-electron chi connectivity index (χ4n) is 4.85. The van der Waals surface area contributed by atoms with E-state index in [4.69, 9.17) is 29.3 Å². The molecule has 8 nitrogen and oxygen atoms in total. The van der Waals surface area contributed by atoms with Crippen LogP contribution in [0.1, 0.15) is 84.5 Å². The van der Waals surface area contributed by atoms with E-state index in [9.17, 15) is 0 Å². The summed E-state index contributed by atoms with van der Waals surface area (Å²) in [5, 5.41) is 18.7. The molecule has 4 aliphatic rings. The third-order valence-electron chi connectivity index (χ3n) is 6.40. The van der Waals surface area contributed by atoms with Gasteiger partial charge in [0.25, 0.3) is 0 Å². The molecule has 0 aromatic carbocycles. The van der Waals surface area contributed by atoms with Crippen LogP contribution < -0.4 is 4.66 Å². The molecular formula is C24H43ClN4NiO4-2. The fraction of sp³-hybridized carbons (Fsp3) is 0.833. The molecule has 0 radical (unpaired) electrons. The predicted octanol–water partition coefficient (Wildman–Crippen LogP) is 4.27. The number of halogens is 1. The van der Waals surface area contributed by atoms with Gasteiger partial charge in [-0.15, -0.1) is 49.4 Å². The van der Waals surface area contributed by atoms with Crippen molar-refractivity contribution in [2.24, 2.45) is 0 Å². The van der Waals surface area contributed by atoms with Crippen LogP contribution in [0.4, 0.5) is 0 Å². The summed E-state index contributed by atoms with van der Waals surface area (Å²) in [5.41, 5.74) is 1.23. The molecule has 0 aromatic rings. The number of piperidine rings is 3. The maximum atomic E-state index is 8.83. The molecule has 10 heteroatoms. The Morgan fingerprint density at radius 2 is 1.47 bits per heavy atom. The molecule has 4 aliphatic heterocycles. The minimum absolute atomic E-state index is 0. The average Bonchev–Trinajstić information content (AvgIpc) is 2.75. The first-order valence-corrected chi connectivity index (χ1v) is 13.8.